The molecule has 0 aliphatic carbocycles. The van der Waals surface area contributed by atoms with Crippen LogP contribution < -0.4 is 0 Å². The highest BCUT2D eigenvalue weighted by Gasteiger charge is 2.14. The number of aromatic nitrogens is 1. The van der Waals surface area contributed by atoms with Crippen molar-refractivity contribution < 1.29 is 5.11 Å². The molecular weight excluding hydrogens is 294 g/mol. The number of benzene rings is 3. The van der Waals surface area contributed by atoms with Crippen molar-refractivity contribution in [3.8, 4) is 11.3 Å². The van der Waals surface area contributed by atoms with Crippen LogP contribution >= 0.6 is 0 Å². The van der Waals surface area contributed by atoms with Crippen LogP contribution in [0.25, 0.3) is 22.2 Å². The van der Waals surface area contributed by atoms with Gasteiger partial charge in [-0.25, -0.2) is 0 Å². The standard InChI is InChI=1S/C22H19NO/c24-22(18-11-5-2-6-12-18)16-23-20-14-8-7-13-19(20)15-21(23)17-9-3-1-4-10-17/h1-15,22,24H,16H2. The van der Waals surface area contributed by atoms with Crippen LogP contribution in [0.4, 0.5) is 0 Å². The summed E-state index contributed by atoms with van der Waals surface area (Å²) in [5, 5.41) is 11.9. The largest absolute Gasteiger partial charge is 0.387 e. The summed E-state index contributed by atoms with van der Waals surface area (Å²) < 4.78 is 2.21. The Labute approximate surface area is 141 Å². The van der Waals surface area contributed by atoms with Gasteiger partial charge in [-0.1, -0.05) is 78.9 Å². The summed E-state index contributed by atoms with van der Waals surface area (Å²) in [7, 11) is 0. The number of para-hydroxylation sites is 1. The molecule has 0 spiro atoms. The van der Waals surface area contributed by atoms with Crippen molar-refractivity contribution in [2.45, 2.75) is 12.6 Å². The predicted octanol–water partition coefficient (Wildman–Crippen LogP) is 5.04. The molecule has 0 radical (unpaired) electrons. The summed E-state index contributed by atoms with van der Waals surface area (Å²) in [6, 6.07) is 30.7. The van der Waals surface area contributed by atoms with Crippen LogP contribution in [0.5, 0.6) is 0 Å². The van der Waals surface area contributed by atoms with E-state index in [-0.39, 0.29) is 0 Å². The molecule has 0 fully saturated rings. The molecule has 24 heavy (non-hydrogen) atoms. The van der Waals surface area contributed by atoms with E-state index in [0.717, 1.165) is 22.3 Å². The lowest BCUT2D eigenvalue weighted by Crippen LogP contribution is -2.09. The van der Waals surface area contributed by atoms with Gasteiger partial charge in [0.05, 0.1) is 12.6 Å². The molecule has 0 aliphatic heterocycles. The van der Waals surface area contributed by atoms with Gasteiger partial charge in [-0.2, -0.15) is 0 Å². The Hall–Kier alpha value is -2.84. The molecule has 0 saturated carbocycles. The number of aliphatic hydroxyl groups is 1. The van der Waals surface area contributed by atoms with E-state index in [4.69, 9.17) is 0 Å². The first-order valence-electron chi connectivity index (χ1n) is 8.19. The monoisotopic (exact) mass is 313 g/mol. The first kappa shape index (κ1) is 14.7. The van der Waals surface area contributed by atoms with Crippen molar-refractivity contribution >= 4 is 10.9 Å². The molecule has 3 aromatic carbocycles. The highest BCUT2D eigenvalue weighted by molar-refractivity contribution is 5.87. The second-order valence-corrected chi connectivity index (χ2v) is 5.99. The van der Waals surface area contributed by atoms with Gasteiger partial charge in [-0.05, 0) is 23.3 Å². The molecule has 2 nitrogen and oxygen atoms in total. The molecular formula is C22H19NO. The maximum Gasteiger partial charge on any atom is 0.0969 e. The van der Waals surface area contributed by atoms with Gasteiger partial charge in [-0.3, -0.25) is 0 Å². The third-order valence-electron chi connectivity index (χ3n) is 4.42. The minimum absolute atomic E-state index is 0.530. The van der Waals surface area contributed by atoms with Gasteiger partial charge in [0, 0.05) is 16.6 Å². The third-order valence-corrected chi connectivity index (χ3v) is 4.42. The molecule has 118 valence electrons. The van der Waals surface area contributed by atoms with E-state index in [2.05, 4.69) is 41.0 Å². The molecule has 0 saturated heterocycles. The smallest absolute Gasteiger partial charge is 0.0969 e. The average Bonchev–Trinajstić information content (AvgIpc) is 3.02. The summed E-state index contributed by atoms with van der Waals surface area (Å²) in [6.07, 6.45) is -0.538. The summed E-state index contributed by atoms with van der Waals surface area (Å²) in [5.74, 6) is 0. The Bertz CT molecular complexity index is 942. The predicted molar refractivity (Wildman–Crippen MR) is 98.8 cm³/mol. The van der Waals surface area contributed by atoms with Crippen LogP contribution in [-0.4, -0.2) is 9.67 Å². The fourth-order valence-corrected chi connectivity index (χ4v) is 3.21. The van der Waals surface area contributed by atoms with Crippen LogP contribution in [0.15, 0.2) is 91.0 Å². The number of hydrogen-bond donors (Lipinski definition) is 1. The van der Waals surface area contributed by atoms with E-state index < -0.39 is 6.10 Å². The molecule has 1 heterocycles. The molecule has 0 amide bonds. The molecule has 1 N–H and O–H groups in total. The van der Waals surface area contributed by atoms with Gasteiger partial charge in [0.2, 0.25) is 0 Å². The van der Waals surface area contributed by atoms with E-state index in [0.29, 0.717) is 6.54 Å². The van der Waals surface area contributed by atoms with Gasteiger partial charge in [0.1, 0.15) is 0 Å². The van der Waals surface area contributed by atoms with E-state index in [9.17, 15) is 5.11 Å². The second-order valence-electron chi connectivity index (χ2n) is 5.99. The highest BCUT2D eigenvalue weighted by atomic mass is 16.3. The van der Waals surface area contributed by atoms with Crippen LogP contribution in [0.2, 0.25) is 0 Å². The van der Waals surface area contributed by atoms with E-state index >= 15 is 0 Å². The van der Waals surface area contributed by atoms with E-state index in [1.807, 2.05) is 54.6 Å². The van der Waals surface area contributed by atoms with Crippen molar-refractivity contribution in [3.63, 3.8) is 0 Å². The Morgan fingerprint density at radius 3 is 2.12 bits per heavy atom. The average molecular weight is 313 g/mol. The van der Waals surface area contributed by atoms with Crippen molar-refractivity contribution in [1.29, 1.82) is 0 Å². The van der Waals surface area contributed by atoms with Crippen LogP contribution in [-0.2, 0) is 6.54 Å². The van der Waals surface area contributed by atoms with Crippen LogP contribution in [0.1, 0.15) is 11.7 Å². The minimum Gasteiger partial charge on any atom is -0.387 e. The first-order chi connectivity index (χ1) is 11.8. The summed E-state index contributed by atoms with van der Waals surface area (Å²) >= 11 is 0. The molecule has 1 aromatic heterocycles. The molecule has 0 bridgehead atoms. The maximum atomic E-state index is 10.7. The molecule has 1 atom stereocenters. The third kappa shape index (κ3) is 2.72. The van der Waals surface area contributed by atoms with E-state index in [1.54, 1.807) is 0 Å². The summed E-state index contributed by atoms with van der Waals surface area (Å²) in [4.78, 5) is 0. The van der Waals surface area contributed by atoms with Crippen molar-refractivity contribution in [1.82, 2.24) is 4.57 Å². The summed E-state index contributed by atoms with van der Waals surface area (Å²) in [5.41, 5.74) is 4.38. The minimum atomic E-state index is -0.538. The van der Waals surface area contributed by atoms with Crippen LogP contribution in [0.3, 0.4) is 0 Å². The fourth-order valence-electron chi connectivity index (χ4n) is 3.21. The van der Waals surface area contributed by atoms with Crippen molar-refractivity contribution in [3.05, 3.63) is 96.6 Å². The lowest BCUT2D eigenvalue weighted by molar-refractivity contribution is 0.158. The first-order valence-corrected chi connectivity index (χ1v) is 8.19. The Morgan fingerprint density at radius 1 is 0.750 bits per heavy atom. The lowest BCUT2D eigenvalue weighted by atomic mass is 10.1. The van der Waals surface area contributed by atoms with Gasteiger partial charge in [0.25, 0.3) is 0 Å². The Morgan fingerprint density at radius 2 is 1.38 bits per heavy atom. The van der Waals surface area contributed by atoms with Crippen molar-refractivity contribution in [2.75, 3.05) is 0 Å². The lowest BCUT2D eigenvalue weighted by Gasteiger charge is -2.16. The van der Waals surface area contributed by atoms with E-state index in [1.165, 1.54) is 5.39 Å². The number of hydrogen-bond acceptors (Lipinski definition) is 1. The molecule has 0 aliphatic rings. The maximum absolute atomic E-state index is 10.7. The molecule has 4 rings (SSSR count). The zero-order chi connectivity index (χ0) is 16.4. The topological polar surface area (TPSA) is 25.2 Å². The van der Waals surface area contributed by atoms with Crippen LogP contribution in [0, 0.1) is 0 Å². The SMILES string of the molecule is OC(Cn1c(-c2ccccc2)cc2ccccc21)c1ccccc1. The van der Waals surface area contributed by atoms with Gasteiger partial charge >= 0.3 is 0 Å². The zero-order valence-corrected chi connectivity index (χ0v) is 13.3. The van der Waals surface area contributed by atoms with Crippen molar-refractivity contribution in [2.24, 2.45) is 0 Å². The Balaban J connectivity index is 1.81. The fraction of sp³-hybridized carbons (Fsp3) is 0.0909. The van der Waals surface area contributed by atoms with Gasteiger partial charge in [-0.15, -0.1) is 0 Å². The normalized spacial score (nSPS) is 12.4. The second kappa shape index (κ2) is 6.34. The molecule has 2 heteroatoms. The quantitative estimate of drug-likeness (QED) is 0.561. The number of aliphatic hydroxyl groups excluding tert-OH is 1. The number of fused-ring (bicyclic) bond motifs is 1. The van der Waals surface area contributed by atoms with Gasteiger partial charge < -0.3 is 9.67 Å². The number of nitrogens with zero attached hydrogens (tertiary/aromatic N) is 1. The highest BCUT2D eigenvalue weighted by Crippen LogP contribution is 2.30. The molecule has 4 aromatic rings. The molecule has 1 unspecified atom stereocenters. The zero-order valence-electron chi connectivity index (χ0n) is 13.3. The number of rotatable bonds is 4. The Kier molecular flexibility index (Phi) is 3.89. The van der Waals surface area contributed by atoms with Gasteiger partial charge in [0.15, 0.2) is 0 Å². The summed E-state index contributed by atoms with van der Waals surface area (Å²) in [6.45, 7) is 0.530.